The van der Waals surface area contributed by atoms with Gasteiger partial charge in [0.15, 0.2) is 18.3 Å². The number of rotatable bonds is 14. The van der Waals surface area contributed by atoms with E-state index in [1.165, 1.54) is 0 Å². The van der Waals surface area contributed by atoms with E-state index >= 15 is 0 Å². The summed E-state index contributed by atoms with van der Waals surface area (Å²) in [5, 5.41) is 0. The van der Waals surface area contributed by atoms with Crippen molar-refractivity contribution in [3.8, 4) is 11.5 Å². The average molecular weight is 704 g/mol. The molecule has 1 saturated heterocycles. The average Bonchev–Trinajstić information content (AvgIpc) is 3.09. The van der Waals surface area contributed by atoms with Gasteiger partial charge in [-0.15, -0.1) is 0 Å². The molecule has 3 aromatic carbocycles. The molecule has 0 amide bonds. The predicted molar refractivity (Wildman–Crippen MR) is 188 cm³/mol. The number of ether oxygens (including phenoxy) is 7. The maximum Gasteiger partial charge on any atom is 0.339 e. The third-order valence-corrected chi connectivity index (χ3v) is 7.96. The molecule has 0 spiro atoms. The van der Waals surface area contributed by atoms with Crippen molar-refractivity contribution < 1.29 is 52.3 Å². The summed E-state index contributed by atoms with van der Waals surface area (Å²) < 4.78 is 39.2. The smallest absolute Gasteiger partial charge is 0.339 e. The molecule has 4 rings (SSSR count). The van der Waals surface area contributed by atoms with Crippen molar-refractivity contribution in [3.05, 3.63) is 95.6 Å². The Kier molecular flexibility index (Phi) is 13.7. The highest BCUT2D eigenvalue weighted by molar-refractivity contribution is 5.98. The van der Waals surface area contributed by atoms with E-state index < -0.39 is 54.6 Å². The number of hydrogen-bond acceptors (Lipinski definition) is 12. The van der Waals surface area contributed by atoms with Gasteiger partial charge in [0, 0.05) is 27.3 Å². The Morgan fingerprint density at radius 2 is 1.22 bits per heavy atom. The number of carbonyl (C=O) groups excluding carboxylic acids is 4. The van der Waals surface area contributed by atoms with Crippen molar-refractivity contribution in [2.75, 3.05) is 34.4 Å². The molecule has 0 unspecified atom stereocenters. The number of hydrogen-bond donors (Lipinski definition) is 0. The van der Waals surface area contributed by atoms with Gasteiger partial charge in [0.25, 0.3) is 0 Å². The molecule has 272 valence electrons. The number of allylic oxidation sites excluding steroid dienone is 1. The lowest BCUT2D eigenvalue weighted by molar-refractivity contribution is -0.282. The highest BCUT2D eigenvalue weighted by atomic mass is 16.7. The second-order valence-electron chi connectivity index (χ2n) is 12.1. The van der Waals surface area contributed by atoms with Gasteiger partial charge in [-0.3, -0.25) is 14.4 Å². The van der Waals surface area contributed by atoms with Crippen LogP contribution in [0.25, 0.3) is 11.1 Å². The van der Waals surface area contributed by atoms with Crippen LogP contribution in [0.5, 0.6) is 11.5 Å². The number of methoxy groups -OCH3 is 1. The van der Waals surface area contributed by atoms with Crippen LogP contribution in [0.4, 0.5) is 0 Å². The third kappa shape index (κ3) is 10.4. The molecule has 0 N–H and O–H groups in total. The van der Waals surface area contributed by atoms with E-state index in [4.69, 9.17) is 33.2 Å². The quantitative estimate of drug-likeness (QED) is 0.126. The fourth-order valence-electron chi connectivity index (χ4n) is 5.75. The molecule has 12 nitrogen and oxygen atoms in total. The van der Waals surface area contributed by atoms with Crippen molar-refractivity contribution in [2.45, 2.75) is 64.8 Å². The van der Waals surface area contributed by atoms with Crippen molar-refractivity contribution in [2.24, 2.45) is 0 Å². The fraction of sp³-hybridized carbons (Fsp3) is 0.385. The van der Waals surface area contributed by atoms with Crippen molar-refractivity contribution >= 4 is 35.0 Å². The minimum Gasteiger partial charge on any atom is -0.492 e. The Hall–Kier alpha value is -5.20. The van der Waals surface area contributed by atoms with Gasteiger partial charge in [-0.1, -0.05) is 61.5 Å². The van der Waals surface area contributed by atoms with Gasteiger partial charge in [-0.05, 0) is 72.6 Å². The molecule has 1 fully saturated rings. The zero-order valence-electron chi connectivity index (χ0n) is 30.0. The number of likely N-dealkylation sites (N-methyl/N-ethyl adjacent to an activating group) is 1. The summed E-state index contributed by atoms with van der Waals surface area (Å²) >= 11 is 0. The van der Waals surface area contributed by atoms with E-state index in [1.54, 1.807) is 12.1 Å². The highest BCUT2D eigenvalue weighted by Crippen LogP contribution is 2.37. The molecule has 5 atom stereocenters. The van der Waals surface area contributed by atoms with Crippen LogP contribution in [0.1, 0.15) is 50.8 Å². The van der Waals surface area contributed by atoms with Crippen LogP contribution >= 0.6 is 0 Å². The summed E-state index contributed by atoms with van der Waals surface area (Å²) in [7, 11) is 5.12. The van der Waals surface area contributed by atoms with Crippen LogP contribution in [-0.2, 0) is 42.9 Å². The Labute approximate surface area is 298 Å². The summed E-state index contributed by atoms with van der Waals surface area (Å²) in [4.78, 5) is 51.3. The topological polar surface area (TPSA) is 136 Å². The minimum absolute atomic E-state index is 0.291. The Morgan fingerprint density at radius 1 is 0.686 bits per heavy atom. The standard InChI is InChI=1S/C39H45NO11/c1-8-32(27-12-10-9-11-13-27)33(28-14-18-30(19-15-28)46-23-22-40(5)6)29-16-20-31(21-17-29)50-39-37(49-26(4)43)35(48-25(3)42)34(47-24(2)41)36(51-39)38(44)45-7/h9-21,34-37,39H,8,22-23H2,1-7H3/b33-32-/t34-,35-,36-,37+,39+/m0/s1. The molecule has 0 bridgehead atoms. The molecule has 3 aromatic rings. The summed E-state index contributed by atoms with van der Waals surface area (Å²) in [6, 6.07) is 25.3. The molecule has 1 aliphatic heterocycles. The van der Waals surface area contributed by atoms with Gasteiger partial charge in [-0.2, -0.15) is 0 Å². The molecule has 1 heterocycles. The second-order valence-corrected chi connectivity index (χ2v) is 12.1. The van der Waals surface area contributed by atoms with Crippen LogP contribution in [0.2, 0.25) is 0 Å². The maximum absolute atomic E-state index is 12.8. The minimum atomic E-state index is -1.57. The van der Waals surface area contributed by atoms with E-state index in [0.29, 0.717) is 12.4 Å². The van der Waals surface area contributed by atoms with E-state index in [9.17, 15) is 19.2 Å². The summed E-state index contributed by atoms with van der Waals surface area (Å²) in [5.74, 6) is -2.17. The van der Waals surface area contributed by atoms with Gasteiger partial charge in [0.05, 0.1) is 7.11 Å². The first-order valence-corrected chi connectivity index (χ1v) is 16.6. The molecule has 0 aliphatic carbocycles. The first-order valence-electron chi connectivity index (χ1n) is 16.6. The molecular weight excluding hydrogens is 658 g/mol. The maximum atomic E-state index is 12.8. The van der Waals surface area contributed by atoms with Crippen LogP contribution in [-0.4, -0.2) is 93.8 Å². The number of benzene rings is 3. The first kappa shape index (κ1) is 38.6. The fourth-order valence-corrected chi connectivity index (χ4v) is 5.75. The van der Waals surface area contributed by atoms with E-state index in [1.807, 2.05) is 68.7 Å². The van der Waals surface area contributed by atoms with Gasteiger partial charge in [0.1, 0.15) is 18.1 Å². The van der Waals surface area contributed by atoms with Crippen LogP contribution in [0.3, 0.4) is 0 Å². The Bertz CT molecular complexity index is 1670. The SMILES string of the molecule is CC/C(=C(\c1ccc(OCCN(C)C)cc1)c1ccc(O[C@@H]2O[C@H](C(=O)OC)[C@@H](OC(C)=O)[C@H](OC(C)=O)[C@H]2OC(C)=O)cc1)c1ccccc1. The molecule has 0 radical (unpaired) electrons. The number of nitrogens with zero attached hydrogens (tertiary/aromatic N) is 1. The van der Waals surface area contributed by atoms with Crippen LogP contribution < -0.4 is 9.47 Å². The molecule has 0 aromatic heterocycles. The third-order valence-electron chi connectivity index (χ3n) is 7.96. The molecule has 12 heteroatoms. The van der Waals surface area contributed by atoms with Crippen molar-refractivity contribution in [1.82, 2.24) is 4.90 Å². The van der Waals surface area contributed by atoms with E-state index in [2.05, 4.69) is 24.0 Å². The predicted octanol–water partition coefficient (Wildman–Crippen LogP) is 5.07. The number of carbonyl (C=O) groups is 4. The van der Waals surface area contributed by atoms with Crippen LogP contribution in [0.15, 0.2) is 78.9 Å². The largest absolute Gasteiger partial charge is 0.492 e. The zero-order valence-corrected chi connectivity index (χ0v) is 30.0. The van der Waals surface area contributed by atoms with Gasteiger partial charge in [-0.25, -0.2) is 4.79 Å². The van der Waals surface area contributed by atoms with Crippen molar-refractivity contribution in [3.63, 3.8) is 0 Å². The molecule has 1 aliphatic rings. The monoisotopic (exact) mass is 703 g/mol. The summed E-state index contributed by atoms with van der Waals surface area (Å²) in [6.07, 6.45) is -6.66. The van der Waals surface area contributed by atoms with Gasteiger partial charge < -0.3 is 38.1 Å². The van der Waals surface area contributed by atoms with Crippen LogP contribution in [0, 0.1) is 0 Å². The number of esters is 4. The highest BCUT2D eigenvalue weighted by Gasteiger charge is 2.55. The van der Waals surface area contributed by atoms with E-state index in [-0.39, 0.29) is 0 Å². The molecule has 51 heavy (non-hydrogen) atoms. The lowest BCUT2D eigenvalue weighted by Crippen LogP contribution is -2.64. The zero-order chi connectivity index (χ0) is 37.1. The lowest BCUT2D eigenvalue weighted by atomic mass is 9.88. The summed E-state index contributed by atoms with van der Waals surface area (Å²) in [5.41, 5.74) is 5.08. The Morgan fingerprint density at radius 3 is 1.73 bits per heavy atom. The first-order chi connectivity index (χ1) is 24.4. The summed E-state index contributed by atoms with van der Waals surface area (Å²) in [6.45, 7) is 6.86. The lowest BCUT2D eigenvalue weighted by Gasteiger charge is -2.43. The molecular formula is C39H45NO11. The van der Waals surface area contributed by atoms with Crippen molar-refractivity contribution in [1.29, 1.82) is 0 Å². The van der Waals surface area contributed by atoms with E-state index in [0.717, 1.165) is 74.4 Å². The molecule has 0 saturated carbocycles. The normalized spacial score (nSPS) is 20.4. The van der Waals surface area contributed by atoms with Gasteiger partial charge in [0.2, 0.25) is 12.4 Å². The Balaban J connectivity index is 1.72. The second kappa shape index (κ2) is 18.2. The van der Waals surface area contributed by atoms with Gasteiger partial charge >= 0.3 is 23.9 Å².